The summed E-state index contributed by atoms with van der Waals surface area (Å²) in [6.07, 6.45) is 0.445. The quantitative estimate of drug-likeness (QED) is 0.465. The van der Waals surface area contributed by atoms with Gasteiger partial charge in [0.2, 0.25) is 0 Å². The maximum absolute atomic E-state index is 12.2. The lowest BCUT2D eigenvalue weighted by Crippen LogP contribution is -2.34. The van der Waals surface area contributed by atoms with Crippen molar-refractivity contribution in [1.82, 2.24) is 0 Å². The molecule has 10 heteroatoms. The smallest absolute Gasteiger partial charge is 0.358 e. The molecule has 0 N–H and O–H groups in total. The molecule has 0 bridgehead atoms. The topological polar surface area (TPSA) is 101 Å². The Morgan fingerprint density at radius 1 is 1.31 bits per heavy atom. The van der Waals surface area contributed by atoms with Crippen LogP contribution in [0.5, 0.6) is 0 Å². The number of alkyl halides is 2. The Morgan fingerprint density at radius 2 is 1.69 bits per heavy atom. The molecule has 0 aromatic carbocycles. The van der Waals surface area contributed by atoms with Crippen molar-refractivity contribution in [2.45, 2.75) is 5.25 Å². The highest BCUT2D eigenvalue weighted by molar-refractivity contribution is 7.87. The van der Waals surface area contributed by atoms with Gasteiger partial charge in [-0.05, 0) is 0 Å². The Hall–Kier alpha value is -0.320. The first-order valence-electron chi connectivity index (χ1n) is 2.63. The Morgan fingerprint density at radius 3 is 1.92 bits per heavy atom. The number of hydrogen-bond acceptors (Lipinski definition) is 6. The highest BCUT2D eigenvalue weighted by Gasteiger charge is 2.39. The third-order valence-electron chi connectivity index (χ3n) is 0.807. The SMILES string of the molecule is CS(=O)(=O)OCC(F)(F)S(=O)(=O)[O-]. The van der Waals surface area contributed by atoms with Gasteiger partial charge >= 0.3 is 5.25 Å². The van der Waals surface area contributed by atoms with Crippen LogP contribution in [0.15, 0.2) is 0 Å². The number of hydrogen-bond donors (Lipinski definition) is 0. The maximum Gasteiger partial charge on any atom is 0.358 e. The molecule has 13 heavy (non-hydrogen) atoms. The van der Waals surface area contributed by atoms with Gasteiger partial charge in [-0.3, -0.25) is 4.18 Å². The first-order valence-corrected chi connectivity index (χ1v) is 5.86. The molecule has 0 aliphatic heterocycles. The standard InChI is InChI=1S/C3H6F2O6S2/c1-12(6,7)11-2-3(4,5)13(8,9)10/h2H2,1H3,(H,8,9,10)/p-1. The van der Waals surface area contributed by atoms with Crippen LogP contribution in [-0.2, 0) is 24.4 Å². The van der Waals surface area contributed by atoms with Crippen LogP contribution >= 0.6 is 0 Å². The molecule has 0 rings (SSSR count). The second-order valence-corrected chi connectivity index (χ2v) is 5.21. The van der Waals surface area contributed by atoms with Crippen molar-refractivity contribution in [3.05, 3.63) is 0 Å². The first kappa shape index (κ1) is 12.7. The van der Waals surface area contributed by atoms with Crippen molar-refractivity contribution in [3.63, 3.8) is 0 Å². The highest BCUT2D eigenvalue weighted by Crippen LogP contribution is 2.20. The summed E-state index contributed by atoms with van der Waals surface area (Å²) in [5, 5.41) is -4.74. The van der Waals surface area contributed by atoms with Gasteiger partial charge in [-0.2, -0.15) is 17.2 Å². The van der Waals surface area contributed by atoms with Gasteiger partial charge in [0.1, 0.15) is 6.61 Å². The van der Waals surface area contributed by atoms with Crippen molar-refractivity contribution in [1.29, 1.82) is 0 Å². The van der Waals surface area contributed by atoms with Crippen molar-refractivity contribution in [2.24, 2.45) is 0 Å². The fraction of sp³-hybridized carbons (Fsp3) is 1.00. The van der Waals surface area contributed by atoms with Crippen LogP contribution in [0, 0.1) is 0 Å². The van der Waals surface area contributed by atoms with Gasteiger partial charge in [0.05, 0.1) is 6.26 Å². The zero-order chi connectivity index (χ0) is 10.9. The summed E-state index contributed by atoms with van der Waals surface area (Å²) in [4.78, 5) is 0. The van der Waals surface area contributed by atoms with Crippen LogP contribution in [-0.4, -0.2) is 39.5 Å². The van der Waals surface area contributed by atoms with E-state index in [9.17, 15) is 30.2 Å². The second-order valence-electron chi connectivity index (χ2n) is 2.06. The third kappa shape index (κ3) is 4.45. The summed E-state index contributed by atoms with van der Waals surface area (Å²) in [6.45, 7) is -2.00. The fourth-order valence-corrected chi connectivity index (χ4v) is 0.888. The third-order valence-corrected chi connectivity index (χ3v) is 2.20. The van der Waals surface area contributed by atoms with E-state index < -0.39 is 32.1 Å². The Bertz CT molecular complexity index is 367. The molecule has 0 aromatic rings. The van der Waals surface area contributed by atoms with E-state index >= 15 is 0 Å². The van der Waals surface area contributed by atoms with Crippen LogP contribution in [0.25, 0.3) is 0 Å². The fourth-order valence-electron chi connectivity index (χ4n) is 0.248. The second kappa shape index (κ2) is 3.44. The van der Waals surface area contributed by atoms with E-state index in [1.807, 2.05) is 0 Å². The van der Waals surface area contributed by atoms with Crippen molar-refractivity contribution >= 4 is 20.2 Å². The normalized spacial score (nSPS) is 14.5. The summed E-state index contributed by atoms with van der Waals surface area (Å²) >= 11 is 0. The van der Waals surface area contributed by atoms with E-state index in [0.717, 1.165) is 0 Å². The molecule has 0 aromatic heterocycles. The zero-order valence-corrected chi connectivity index (χ0v) is 7.86. The van der Waals surface area contributed by atoms with E-state index in [1.54, 1.807) is 0 Å². The molecule has 0 saturated carbocycles. The summed E-state index contributed by atoms with van der Waals surface area (Å²) in [6, 6.07) is 0. The highest BCUT2D eigenvalue weighted by atomic mass is 32.2. The van der Waals surface area contributed by atoms with Gasteiger partial charge in [0, 0.05) is 0 Å². The summed E-state index contributed by atoms with van der Waals surface area (Å²) in [5.41, 5.74) is 0. The molecular formula is C3H5F2O6S2-. The minimum atomic E-state index is -5.90. The van der Waals surface area contributed by atoms with Crippen LogP contribution in [0.1, 0.15) is 0 Å². The molecule has 0 saturated heterocycles. The predicted octanol–water partition coefficient (Wildman–Crippen LogP) is -0.899. The minimum absolute atomic E-state index is 0.445. The molecule has 0 fully saturated rings. The first-order chi connectivity index (χ1) is 5.46. The Kier molecular flexibility index (Phi) is 3.36. The Labute approximate surface area is 73.4 Å². The molecule has 0 aliphatic rings. The molecule has 6 nitrogen and oxygen atoms in total. The molecule has 0 spiro atoms. The molecule has 0 atom stereocenters. The molecule has 80 valence electrons. The van der Waals surface area contributed by atoms with Gasteiger partial charge in [-0.15, -0.1) is 0 Å². The van der Waals surface area contributed by atoms with Crippen molar-refractivity contribution < 1.29 is 34.4 Å². The summed E-state index contributed by atoms with van der Waals surface area (Å²) in [5.74, 6) is 0. The van der Waals surface area contributed by atoms with Gasteiger partial charge in [-0.1, -0.05) is 0 Å². The van der Waals surface area contributed by atoms with E-state index in [4.69, 9.17) is 0 Å². The zero-order valence-electron chi connectivity index (χ0n) is 6.23. The van der Waals surface area contributed by atoms with Gasteiger partial charge in [0.15, 0.2) is 10.1 Å². The van der Waals surface area contributed by atoms with Crippen LogP contribution in [0.3, 0.4) is 0 Å². The average Bonchev–Trinajstić information content (AvgIpc) is 1.79. The average molecular weight is 239 g/mol. The van der Waals surface area contributed by atoms with Crippen LogP contribution < -0.4 is 0 Å². The predicted molar refractivity (Wildman–Crippen MR) is 35.4 cm³/mol. The molecule has 0 radical (unpaired) electrons. The lowest BCUT2D eigenvalue weighted by atomic mass is 10.8. The van der Waals surface area contributed by atoms with Crippen molar-refractivity contribution in [2.75, 3.05) is 12.9 Å². The number of halogens is 2. The molecule has 0 amide bonds. The molecular weight excluding hydrogens is 234 g/mol. The minimum Gasteiger partial charge on any atom is -0.743 e. The van der Waals surface area contributed by atoms with E-state index in [-0.39, 0.29) is 0 Å². The Balaban J connectivity index is 4.57. The van der Waals surface area contributed by atoms with Crippen LogP contribution in [0.2, 0.25) is 0 Å². The maximum atomic E-state index is 12.2. The lowest BCUT2D eigenvalue weighted by Gasteiger charge is -2.18. The monoisotopic (exact) mass is 239 g/mol. The molecule has 0 heterocycles. The largest absolute Gasteiger partial charge is 0.743 e. The summed E-state index contributed by atoms with van der Waals surface area (Å²) < 4.78 is 77.5. The van der Waals surface area contributed by atoms with Gasteiger partial charge < -0.3 is 4.55 Å². The van der Waals surface area contributed by atoms with E-state index in [1.165, 1.54) is 0 Å². The van der Waals surface area contributed by atoms with Crippen LogP contribution in [0.4, 0.5) is 8.78 Å². The van der Waals surface area contributed by atoms with E-state index in [2.05, 4.69) is 4.18 Å². The van der Waals surface area contributed by atoms with Gasteiger partial charge in [0.25, 0.3) is 10.1 Å². The van der Waals surface area contributed by atoms with Gasteiger partial charge in [-0.25, -0.2) is 8.42 Å². The van der Waals surface area contributed by atoms with E-state index in [0.29, 0.717) is 6.26 Å². The molecule has 0 aliphatic carbocycles. The molecule has 0 unspecified atom stereocenters. The number of rotatable bonds is 4. The van der Waals surface area contributed by atoms with Crippen molar-refractivity contribution in [3.8, 4) is 0 Å². The lowest BCUT2D eigenvalue weighted by molar-refractivity contribution is 0.0306. The summed E-state index contributed by atoms with van der Waals surface area (Å²) in [7, 11) is -10.1.